The van der Waals surface area contributed by atoms with Crippen molar-refractivity contribution in [2.75, 3.05) is 26.1 Å². The molecule has 2 fully saturated rings. The number of hydrogen-bond donors (Lipinski definition) is 4. The second-order valence-corrected chi connectivity index (χ2v) is 12.7. The van der Waals surface area contributed by atoms with Crippen LogP contribution in [-0.4, -0.2) is 66.1 Å². The first-order chi connectivity index (χ1) is 20.7. The third-order valence-electron chi connectivity index (χ3n) is 9.67. The molecule has 5 N–H and O–H groups in total. The molecule has 11 heteroatoms. The number of phenols is 1. The Balaban J connectivity index is 1.54. The summed E-state index contributed by atoms with van der Waals surface area (Å²) in [5.74, 6) is -11.0. The molecular formula is C33H39N3O8. The van der Waals surface area contributed by atoms with Gasteiger partial charge in [0.25, 0.3) is 0 Å². The van der Waals surface area contributed by atoms with Gasteiger partial charge in [-0.15, -0.1) is 0 Å². The van der Waals surface area contributed by atoms with Crippen LogP contribution in [0.2, 0.25) is 0 Å². The van der Waals surface area contributed by atoms with Crippen molar-refractivity contribution < 1.29 is 38.9 Å². The maximum Gasteiger partial charge on any atom is 0.235 e. The van der Waals surface area contributed by atoms with Gasteiger partial charge in [-0.3, -0.25) is 24.0 Å². The fourth-order valence-electron chi connectivity index (χ4n) is 7.67. The van der Waals surface area contributed by atoms with E-state index in [-0.39, 0.29) is 30.7 Å². The average molecular weight is 606 g/mol. The van der Waals surface area contributed by atoms with Crippen molar-refractivity contribution in [3.8, 4) is 11.5 Å². The number of hydrogen-bond acceptors (Lipinski definition) is 10. The molecule has 0 radical (unpaired) electrons. The molecule has 0 bridgehead atoms. The summed E-state index contributed by atoms with van der Waals surface area (Å²) < 4.78 is 5.41. The molecule has 3 aliphatic carbocycles. The minimum absolute atomic E-state index is 0.0202. The van der Waals surface area contributed by atoms with E-state index < -0.39 is 70.1 Å². The molecule has 234 valence electrons. The van der Waals surface area contributed by atoms with Gasteiger partial charge in [-0.05, 0) is 42.4 Å². The molecule has 2 aromatic rings. The van der Waals surface area contributed by atoms with Crippen molar-refractivity contribution in [1.82, 2.24) is 5.32 Å². The Hall–Kier alpha value is -4.09. The SMILES string of the molecule is COc1ccccc1CNCc1cc(N(C)C)c2c(c1O)C(=O)C1C(=O)[C@]3(O)C(=O)C(C(N)=O)C(=O)[C@@H](C(C)C)[C@@H]3C[C@@H]1C2. The number of phenolic OH excluding ortho intramolecular Hbond substituents is 1. The lowest BCUT2D eigenvalue weighted by molar-refractivity contribution is -0.182. The summed E-state index contributed by atoms with van der Waals surface area (Å²) in [5, 5.41) is 26.5. The number of benzene rings is 2. The number of fused-ring (bicyclic) bond motifs is 3. The van der Waals surface area contributed by atoms with Crippen LogP contribution in [0.4, 0.5) is 5.69 Å². The van der Waals surface area contributed by atoms with E-state index >= 15 is 0 Å². The third kappa shape index (κ3) is 4.69. The molecule has 3 aliphatic rings. The lowest BCUT2D eigenvalue weighted by atomic mass is 9.49. The van der Waals surface area contributed by atoms with Crippen LogP contribution in [0.3, 0.4) is 0 Å². The van der Waals surface area contributed by atoms with E-state index in [2.05, 4.69) is 5.32 Å². The van der Waals surface area contributed by atoms with Crippen LogP contribution in [0.15, 0.2) is 30.3 Å². The minimum Gasteiger partial charge on any atom is -0.507 e. The average Bonchev–Trinajstić information content (AvgIpc) is 2.95. The normalized spacial score (nSPS) is 27.9. The number of carbonyl (C=O) groups is 5. The summed E-state index contributed by atoms with van der Waals surface area (Å²) in [7, 11) is 5.21. The number of methoxy groups -OCH3 is 1. The lowest BCUT2D eigenvalue weighted by Gasteiger charge is -2.52. The van der Waals surface area contributed by atoms with Crippen LogP contribution in [0.1, 0.15) is 47.3 Å². The molecule has 0 heterocycles. The Morgan fingerprint density at radius 3 is 2.39 bits per heavy atom. The number of primary amides is 1. The van der Waals surface area contributed by atoms with Crippen LogP contribution < -0.4 is 20.7 Å². The zero-order valence-electron chi connectivity index (χ0n) is 25.5. The first-order valence-corrected chi connectivity index (χ1v) is 14.8. The van der Waals surface area contributed by atoms with Gasteiger partial charge in [-0.1, -0.05) is 32.0 Å². The van der Waals surface area contributed by atoms with Crippen LogP contribution >= 0.6 is 0 Å². The Kier molecular flexibility index (Phi) is 8.15. The molecule has 5 rings (SSSR count). The van der Waals surface area contributed by atoms with Crippen LogP contribution in [0, 0.1) is 35.5 Å². The molecule has 0 aromatic heterocycles. The summed E-state index contributed by atoms with van der Waals surface area (Å²) >= 11 is 0. The van der Waals surface area contributed by atoms with Gasteiger partial charge in [0, 0.05) is 55.8 Å². The van der Waals surface area contributed by atoms with Gasteiger partial charge in [0.05, 0.1) is 18.6 Å². The van der Waals surface area contributed by atoms with Gasteiger partial charge in [-0.2, -0.15) is 0 Å². The van der Waals surface area contributed by atoms with Crippen molar-refractivity contribution in [1.29, 1.82) is 0 Å². The molecule has 2 aromatic carbocycles. The van der Waals surface area contributed by atoms with Gasteiger partial charge in [0.1, 0.15) is 11.5 Å². The molecule has 11 nitrogen and oxygen atoms in total. The predicted octanol–water partition coefficient (Wildman–Crippen LogP) is 1.57. The molecule has 0 spiro atoms. The van der Waals surface area contributed by atoms with Crippen molar-refractivity contribution in [2.45, 2.75) is 45.4 Å². The first kappa shape index (κ1) is 31.3. The van der Waals surface area contributed by atoms with Crippen LogP contribution in [-0.2, 0) is 38.7 Å². The number of aliphatic hydroxyl groups is 1. The number of nitrogens with one attached hydrogen (secondary N) is 1. The highest BCUT2D eigenvalue weighted by molar-refractivity contribution is 6.32. The molecule has 1 amide bonds. The number of anilines is 1. The Labute approximate surface area is 255 Å². The van der Waals surface area contributed by atoms with Crippen molar-refractivity contribution >= 4 is 34.7 Å². The van der Waals surface area contributed by atoms with Gasteiger partial charge < -0.3 is 30.9 Å². The quantitative estimate of drug-likeness (QED) is 0.323. The molecular weight excluding hydrogens is 566 g/mol. The summed E-state index contributed by atoms with van der Waals surface area (Å²) in [5.41, 5.74) is 5.27. The summed E-state index contributed by atoms with van der Waals surface area (Å²) in [4.78, 5) is 69.2. The first-order valence-electron chi connectivity index (χ1n) is 14.8. The molecule has 0 aliphatic heterocycles. The zero-order chi connectivity index (χ0) is 32.2. The summed E-state index contributed by atoms with van der Waals surface area (Å²) in [6.07, 6.45) is 0.256. The van der Waals surface area contributed by atoms with Crippen LogP contribution in [0.5, 0.6) is 11.5 Å². The summed E-state index contributed by atoms with van der Waals surface area (Å²) in [6.45, 7) is 4.05. The number of nitrogens with zero attached hydrogens (tertiary/aromatic N) is 1. The van der Waals surface area contributed by atoms with Crippen molar-refractivity contribution in [3.05, 3.63) is 52.6 Å². The highest BCUT2D eigenvalue weighted by atomic mass is 16.5. The maximum atomic E-state index is 14.2. The maximum absolute atomic E-state index is 14.2. The van der Waals surface area contributed by atoms with E-state index in [0.717, 1.165) is 5.56 Å². The lowest BCUT2D eigenvalue weighted by Crippen LogP contribution is -2.71. The minimum atomic E-state index is -2.72. The molecule has 6 atom stereocenters. The van der Waals surface area contributed by atoms with Gasteiger partial charge in [-0.25, -0.2) is 0 Å². The monoisotopic (exact) mass is 605 g/mol. The largest absolute Gasteiger partial charge is 0.507 e. The van der Waals surface area contributed by atoms with Crippen LogP contribution in [0.25, 0.3) is 0 Å². The number of ketones is 4. The number of nitrogens with two attached hydrogens (primary N) is 1. The molecule has 2 unspecified atom stereocenters. The van der Waals surface area contributed by atoms with Crippen molar-refractivity contribution in [2.24, 2.45) is 41.2 Å². The predicted molar refractivity (Wildman–Crippen MR) is 160 cm³/mol. The Bertz CT molecular complexity index is 1570. The number of ether oxygens (including phenoxy) is 1. The number of carbonyl (C=O) groups excluding carboxylic acids is 5. The summed E-state index contributed by atoms with van der Waals surface area (Å²) in [6, 6.07) is 9.30. The number of para-hydroxylation sites is 1. The molecule has 2 saturated carbocycles. The topological polar surface area (TPSA) is 176 Å². The highest BCUT2D eigenvalue weighted by Gasteiger charge is 2.69. The van der Waals surface area contributed by atoms with E-state index in [1.807, 2.05) is 43.3 Å². The van der Waals surface area contributed by atoms with Gasteiger partial charge in [0.15, 0.2) is 34.7 Å². The number of amides is 1. The fraction of sp³-hybridized carbons (Fsp3) is 0.485. The Morgan fingerprint density at radius 2 is 1.77 bits per heavy atom. The fourth-order valence-corrected chi connectivity index (χ4v) is 7.67. The van der Waals surface area contributed by atoms with E-state index in [0.29, 0.717) is 29.1 Å². The number of aromatic hydroxyl groups is 1. The van der Waals surface area contributed by atoms with Gasteiger partial charge >= 0.3 is 0 Å². The molecule has 44 heavy (non-hydrogen) atoms. The number of rotatable bonds is 8. The molecule has 0 saturated heterocycles. The van der Waals surface area contributed by atoms with Gasteiger partial charge in [0.2, 0.25) is 5.91 Å². The van der Waals surface area contributed by atoms with E-state index in [1.54, 1.807) is 27.0 Å². The van der Waals surface area contributed by atoms with Crippen molar-refractivity contribution in [3.63, 3.8) is 0 Å². The smallest absolute Gasteiger partial charge is 0.235 e. The third-order valence-corrected chi connectivity index (χ3v) is 9.67. The second-order valence-electron chi connectivity index (χ2n) is 12.7. The standard InChI is InChI=1S/C33H39N3O8/c1-15(2)23-20-11-17-10-19-21(36(3)4)12-18(14-35-13-16-8-6-7-9-22(16)44-5)27(37)25(19)29(39)24(17)30(40)33(20,43)31(41)26(28(23)38)32(34)42/h6-9,12,15,17,20,23-24,26,35,37,43H,10-11,13-14H2,1-5H3,(H2,34,42)/t17-,20-,23-,24?,26?,33-/m0/s1. The highest BCUT2D eigenvalue weighted by Crippen LogP contribution is 2.54. The van der Waals surface area contributed by atoms with E-state index in [1.165, 1.54) is 0 Å². The number of Topliss-reactive ketones (excluding diaryl/α,β-unsaturated/α-hetero) is 4. The van der Waals surface area contributed by atoms with E-state index in [9.17, 15) is 34.2 Å². The zero-order valence-corrected chi connectivity index (χ0v) is 25.5. The van der Waals surface area contributed by atoms with E-state index in [4.69, 9.17) is 10.5 Å². The second kappa shape index (κ2) is 11.4. The Morgan fingerprint density at radius 1 is 1.11 bits per heavy atom.